The highest BCUT2D eigenvalue weighted by atomic mass is 32.1. The second-order valence-electron chi connectivity index (χ2n) is 3.46. The van der Waals surface area contributed by atoms with Crippen molar-refractivity contribution >= 4 is 22.4 Å². The van der Waals surface area contributed by atoms with Crippen molar-refractivity contribution in [3.63, 3.8) is 0 Å². The second-order valence-corrected chi connectivity index (χ2v) is 4.29. The van der Waals surface area contributed by atoms with E-state index in [2.05, 4.69) is 25.2 Å². The largest absolute Gasteiger partial charge is 0.467 e. The molecule has 1 amide bonds. The number of rotatable bonds is 4. The van der Waals surface area contributed by atoms with E-state index in [0.717, 1.165) is 11.3 Å². The molecule has 0 spiro atoms. The third-order valence-electron chi connectivity index (χ3n) is 1.97. The van der Waals surface area contributed by atoms with E-state index in [1.165, 1.54) is 23.8 Å². The van der Waals surface area contributed by atoms with Crippen molar-refractivity contribution in [3.05, 3.63) is 29.4 Å². The predicted octanol–water partition coefficient (Wildman–Crippen LogP) is 2.13. The van der Waals surface area contributed by atoms with Gasteiger partial charge in [-0.1, -0.05) is 11.3 Å². The van der Waals surface area contributed by atoms with Crippen LogP contribution in [0, 0.1) is 0 Å². The predicted molar refractivity (Wildman–Crippen MR) is 63.6 cm³/mol. The molecule has 2 rings (SSSR count). The van der Waals surface area contributed by atoms with Crippen LogP contribution in [0.3, 0.4) is 0 Å². The SMILES string of the molecule is O=C(Nc1nncs1)c1cccnc1OCC(F)(F)F. The Morgan fingerprint density at radius 2 is 2.25 bits per heavy atom. The fourth-order valence-corrected chi connectivity index (χ4v) is 1.66. The van der Waals surface area contributed by atoms with E-state index in [0.29, 0.717) is 0 Å². The number of hydrogen-bond acceptors (Lipinski definition) is 6. The van der Waals surface area contributed by atoms with E-state index in [-0.39, 0.29) is 10.7 Å². The van der Waals surface area contributed by atoms with Gasteiger partial charge in [0.05, 0.1) is 0 Å². The van der Waals surface area contributed by atoms with Crippen molar-refractivity contribution in [1.82, 2.24) is 15.2 Å². The van der Waals surface area contributed by atoms with Crippen LogP contribution in [0.5, 0.6) is 5.88 Å². The molecule has 20 heavy (non-hydrogen) atoms. The molecule has 0 radical (unpaired) electrons. The number of aromatic nitrogens is 3. The molecular formula is C10H7F3N4O2S. The average Bonchev–Trinajstić information content (AvgIpc) is 2.88. The molecule has 0 aromatic carbocycles. The standard InChI is InChI=1S/C10H7F3N4O2S/c11-10(12,13)4-19-8-6(2-1-3-14-8)7(18)16-9-17-15-5-20-9/h1-3,5H,4H2,(H,16,17,18). The molecule has 0 unspecified atom stereocenters. The monoisotopic (exact) mass is 304 g/mol. The number of ether oxygens (including phenoxy) is 1. The van der Waals surface area contributed by atoms with Gasteiger partial charge >= 0.3 is 6.18 Å². The Bertz CT molecular complexity index is 588. The van der Waals surface area contributed by atoms with Gasteiger partial charge in [-0.15, -0.1) is 10.2 Å². The first-order valence-corrected chi connectivity index (χ1v) is 6.06. The normalized spacial score (nSPS) is 11.2. The van der Waals surface area contributed by atoms with Crippen LogP contribution < -0.4 is 10.1 Å². The maximum atomic E-state index is 12.1. The summed E-state index contributed by atoms with van der Waals surface area (Å²) in [7, 11) is 0. The van der Waals surface area contributed by atoms with Crippen molar-refractivity contribution in [2.24, 2.45) is 0 Å². The van der Waals surface area contributed by atoms with Gasteiger partial charge in [0.1, 0.15) is 11.1 Å². The average molecular weight is 304 g/mol. The molecule has 0 aliphatic heterocycles. The fourth-order valence-electron chi connectivity index (χ4n) is 1.22. The highest BCUT2D eigenvalue weighted by molar-refractivity contribution is 7.13. The highest BCUT2D eigenvalue weighted by Gasteiger charge is 2.29. The van der Waals surface area contributed by atoms with Crippen molar-refractivity contribution in [2.75, 3.05) is 11.9 Å². The molecule has 10 heteroatoms. The maximum absolute atomic E-state index is 12.1. The first-order chi connectivity index (χ1) is 9.46. The third kappa shape index (κ3) is 3.88. The molecule has 0 aliphatic carbocycles. The minimum atomic E-state index is -4.51. The number of amides is 1. The first kappa shape index (κ1) is 14.2. The van der Waals surface area contributed by atoms with Crippen molar-refractivity contribution in [3.8, 4) is 5.88 Å². The van der Waals surface area contributed by atoms with Crippen LogP contribution in [-0.4, -0.2) is 33.9 Å². The molecule has 2 aromatic rings. The zero-order valence-corrected chi connectivity index (χ0v) is 10.5. The van der Waals surface area contributed by atoms with Gasteiger partial charge in [-0.2, -0.15) is 13.2 Å². The van der Waals surface area contributed by atoms with Crippen LogP contribution in [-0.2, 0) is 0 Å². The zero-order valence-electron chi connectivity index (χ0n) is 9.72. The summed E-state index contributed by atoms with van der Waals surface area (Å²) in [5, 5.41) is 9.71. The van der Waals surface area contributed by atoms with E-state index in [9.17, 15) is 18.0 Å². The number of anilines is 1. The lowest BCUT2D eigenvalue weighted by Gasteiger charge is -2.11. The number of carbonyl (C=O) groups excluding carboxylic acids is 1. The minimum absolute atomic E-state index is 0.119. The van der Waals surface area contributed by atoms with Crippen LogP contribution in [0.4, 0.5) is 18.3 Å². The molecule has 0 bridgehead atoms. The number of alkyl halides is 3. The molecule has 106 valence electrons. The van der Waals surface area contributed by atoms with Crippen LogP contribution >= 0.6 is 11.3 Å². The van der Waals surface area contributed by atoms with Gasteiger partial charge in [0.2, 0.25) is 11.0 Å². The number of pyridine rings is 1. The quantitative estimate of drug-likeness (QED) is 0.936. The van der Waals surface area contributed by atoms with Gasteiger partial charge in [0, 0.05) is 6.20 Å². The molecule has 0 fully saturated rings. The van der Waals surface area contributed by atoms with E-state index in [4.69, 9.17) is 0 Å². The molecule has 1 N–H and O–H groups in total. The number of halogens is 3. The maximum Gasteiger partial charge on any atom is 0.422 e. The number of nitrogens with one attached hydrogen (secondary N) is 1. The molecule has 2 heterocycles. The molecule has 2 aromatic heterocycles. The Morgan fingerprint density at radius 3 is 2.90 bits per heavy atom. The molecular weight excluding hydrogens is 297 g/mol. The number of hydrogen-bond donors (Lipinski definition) is 1. The Hall–Kier alpha value is -2.23. The summed E-state index contributed by atoms with van der Waals surface area (Å²) >= 11 is 1.07. The summed E-state index contributed by atoms with van der Waals surface area (Å²) < 4.78 is 40.8. The summed E-state index contributed by atoms with van der Waals surface area (Å²) in [6.07, 6.45) is -3.28. The Morgan fingerprint density at radius 1 is 1.45 bits per heavy atom. The Kier molecular flexibility index (Phi) is 4.13. The second kappa shape index (κ2) is 5.82. The lowest BCUT2D eigenvalue weighted by molar-refractivity contribution is -0.154. The van der Waals surface area contributed by atoms with Crippen LogP contribution in [0.15, 0.2) is 23.8 Å². The lowest BCUT2D eigenvalue weighted by atomic mass is 10.2. The lowest BCUT2D eigenvalue weighted by Crippen LogP contribution is -2.21. The molecule has 0 aliphatic rings. The van der Waals surface area contributed by atoms with Crippen molar-refractivity contribution in [1.29, 1.82) is 0 Å². The summed E-state index contributed by atoms with van der Waals surface area (Å²) in [5.41, 5.74) is 1.28. The van der Waals surface area contributed by atoms with Gasteiger partial charge in [0.15, 0.2) is 6.61 Å². The van der Waals surface area contributed by atoms with Crippen LogP contribution in [0.25, 0.3) is 0 Å². The zero-order chi connectivity index (χ0) is 14.6. The first-order valence-electron chi connectivity index (χ1n) is 5.18. The van der Waals surface area contributed by atoms with Gasteiger partial charge in [-0.05, 0) is 12.1 Å². The van der Waals surface area contributed by atoms with Gasteiger partial charge < -0.3 is 4.74 Å². The van der Waals surface area contributed by atoms with Crippen LogP contribution in [0.2, 0.25) is 0 Å². The van der Waals surface area contributed by atoms with E-state index in [1.54, 1.807) is 0 Å². The van der Waals surface area contributed by atoms with Crippen LogP contribution in [0.1, 0.15) is 10.4 Å². The summed E-state index contributed by atoms with van der Waals surface area (Å²) in [4.78, 5) is 15.5. The molecule has 6 nitrogen and oxygen atoms in total. The third-order valence-corrected chi connectivity index (χ3v) is 2.58. The molecule has 0 saturated heterocycles. The number of nitrogens with zero attached hydrogens (tertiary/aromatic N) is 3. The van der Waals surface area contributed by atoms with E-state index < -0.39 is 24.6 Å². The highest BCUT2D eigenvalue weighted by Crippen LogP contribution is 2.21. The molecule has 0 atom stereocenters. The Labute approximate surface area is 114 Å². The summed E-state index contributed by atoms with van der Waals surface area (Å²) in [5.74, 6) is -1.07. The smallest absolute Gasteiger partial charge is 0.422 e. The number of carbonyl (C=O) groups is 1. The fraction of sp³-hybridized carbons (Fsp3) is 0.200. The van der Waals surface area contributed by atoms with Gasteiger partial charge in [-0.3, -0.25) is 10.1 Å². The van der Waals surface area contributed by atoms with E-state index in [1.807, 2.05) is 0 Å². The van der Waals surface area contributed by atoms with Gasteiger partial charge in [0.25, 0.3) is 5.91 Å². The van der Waals surface area contributed by atoms with Crippen molar-refractivity contribution < 1.29 is 22.7 Å². The van der Waals surface area contributed by atoms with Gasteiger partial charge in [-0.25, -0.2) is 4.98 Å². The van der Waals surface area contributed by atoms with E-state index >= 15 is 0 Å². The summed E-state index contributed by atoms with van der Waals surface area (Å²) in [6, 6.07) is 2.71. The minimum Gasteiger partial charge on any atom is -0.467 e. The van der Waals surface area contributed by atoms with Crippen molar-refractivity contribution in [2.45, 2.75) is 6.18 Å². The Balaban J connectivity index is 2.12. The molecule has 0 saturated carbocycles. The topological polar surface area (TPSA) is 77.0 Å². The summed E-state index contributed by atoms with van der Waals surface area (Å²) in [6.45, 7) is -1.52.